The summed E-state index contributed by atoms with van der Waals surface area (Å²) in [6.07, 6.45) is -0.591. The van der Waals surface area contributed by atoms with E-state index in [1.807, 2.05) is 51.1 Å². The summed E-state index contributed by atoms with van der Waals surface area (Å²) in [4.78, 5) is 11.3. The van der Waals surface area contributed by atoms with Gasteiger partial charge in [-0.3, -0.25) is 0 Å². The van der Waals surface area contributed by atoms with Gasteiger partial charge in [0.15, 0.2) is 0 Å². The lowest BCUT2D eigenvalue weighted by Gasteiger charge is -2.15. The van der Waals surface area contributed by atoms with Crippen molar-refractivity contribution in [1.82, 2.24) is 5.32 Å². The predicted octanol–water partition coefficient (Wildman–Crippen LogP) is 2.88. The molecule has 0 saturated heterocycles. The SMILES string of the molecule is CC(C)NC(=O)O[C@@H](C)c1ccccc1. The molecule has 0 saturated carbocycles. The fraction of sp³-hybridized carbons (Fsp3) is 0.417. The van der Waals surface area contributed by atoms with Crippen molar-refractivity contribution in [3.63, 3.8) is 0 Å². The smallest absolute Gasteiger partial charge is 0.407 e. The molecule has 15 heavy (non-hydrogen) atoms. The number of amides is 1. The second-order valence-electron chi connectivity index (χ2n) is 3.76. The van der Waals surface area contributed by atoms with Gasteiger partial charge in [-0.05, 0) is 26.3 Å². The molecule has 1 aromatic carbocycles. The van der Waals surface area contributed by atoms with E-state index in [-0.39, 0.29) is 18.2 Å². The molecule has 0 fully saturated rings. The summed E-state index contributed by atoms with van der Waals surface area (Å²) < 4.78 is 5.20. The molecule has 0 bridgehead atoms. The molecule has 1 N–H and O–H groups in total. The van der Waals surface area contributed by atoms with Crippen LogP contribution in [-0.4, -0.2) is 12.1 Å². The molecule has 82 valence electrons. The molecule has 0 aromatic heterocycles. The van der Waals surface area contributed by atoms with E-state index in [0.717, 1.165) is 5.56 Å². The Bertz CT molecular complexity index is 309. The monoisotopic (exact) mass is 207 g/mol. The zero-order chi connectivity index (χ0) is 11.3. The Labute approximate surface area is 90.4 Å². The van der Waals surface area contributed by atoms with Gasteiger partial charge in [-0.1, -0.05) is 30.3 Å². The van der Waals surface area contributed by atoms with Gasteiger partial charge < -0.3 is 10.1 Å². The Morgan fingerprint density at radius 3 is 2.33 bits per heavy atom. The van der Waals surface area contributed by atoms with Crippen molar-refractivity contribution in [2.45, 2.75) is 32.9 Å². The van der Waals surface area contributed by atoms with Crippen LogP contribution in [0.4, 0.5) is 4.79 Å². The van der Waals surface area contributed by atoms with E-state index in [1.54, 1.807) is 0 Å². The van der Waals surface area contributed by atoms with Gasteiger partial charge >= 0.3 is 6.09 Å². The summed E-state index contributed by atoms with van der Waals surface area (Å²) >= 11 is 0. The molecule has 3 nitrogen and oxygen atoms in total. The lowest BCUT2D eigenvalue weighted by Crippen LogP contribution is -2.31. The van der Waals surface area contributed by atoms with E-state index in [4.69, 9.17) is 4.74 Å². The summed E-state index contributed by atoms with van der Waals surface area (Å²) in [6, 6.07) is 9.76. The topological polar surface area (TPSA) is 38.3 Å². The van der Waals surface area contributed by atoms with Crippen molar-refractivity contribution in [3.8, 4) is 0 Å². The zero-order valence-electron chi connectivity index (χ0n) is 9.36. The molecular formula is C12H17NO2. The molecule has 1 aromatic rings. The van der Waals surface area contributed by atoms with Crippen LogP contribution in [0.2, 0.25) is 0 Å². The first kappa shape index (κ1) is 11.6. The highest BCUT2D eigenvalue weighted by Gasteiger charge is 2.11. The number of carbonyl (C=O) groups excluding carboxylic acids is 1. The molecule has 0 aliphatic heterocycles. The highest BCUT2D eigenvalue weighted by Crippen LogP contribution is 2.15. The number of hydrogen-bond donors (Lipinski definition) is 1. The maximum atomic E-state index is 11.3. The Morgan fingerprint density at radius 1 is 1.20 bits per heavy atom. The van der Waals surface area contributed by atoms with Gasteiger partial charge in [0, 0.05) is 6.04 Å². The molecule has 1 atom stereocenters. The summed E-state index contributed by atoms with van der Waals surface area (Å²) in [7, 11) is 0. The van der Waals surface area contributed by atoms with Gasteiger partial charge in [-0.25, -0.2) is 4.79 Å². The Kier molecular flexibility index (Phi) is 4.16. The third-order valence-corrected chi connectivity index (χ3v) is 1.96. The van der Waals surface area contributed by atoms with Crippen LogP contribution in [0.3, 0.4) is 0 Å². The van der Waals surface area contributed by atoms with E-state index in [0.29, 0.717) is 0 Å². The van der Waals surface area contributed by atoms with Crippen LogP contribution < -0.4 is 5.32 Å². The van der Waals surface area contributed by atoms with Crippen molar-refractivity contribution in [2.24, 2.45) is 0 Å². The van der Waals surface area contributed by atoms with Crippen LogP contribution in [0.25, 0.3) is 0 Å². The van der Waals surface area contributed by atoms with Gasteiger partial charge in [0.05, 0.1) is 0 Å². The number of alkyl carbamates (subject to hydrolysis) is 1. The minimum absolute atomic E-state index is 0.0977. The fourth-order valence-corrected chi connectivity index (χ4v) is 1.22. The third kappa shape index (κ3) is 4.02. The molecule has 0 heterocycles. The van der Waals surface area contributed by atoms with Crippen LogP contribution in [-0.2, 0) is 4.74 Å². The largest absolute Gasteiger partial charge is 0.442 e. The van der Waals surface area contributed by atoms with Gasteiger partial charge in [0.2, 0.25) is 0 Å². The van der Waals surface area contributed by atoms with Crippen molar-refractivity contribution in [2.75, 3.05) is 0 Å². The zero-order valence-corrected chi connectivity index (χ0v) is 9.36. The van der Waals surface area contributed by atoms with Crippen LogP contribution in [0.1, 0.15) is 32.4 Å². The summed E-state index contributed by atoms with van der Waals surface area (Å²) in [6.45, 7) is 5.65. The first-order valence-electron chi connectivity index (χ1n) is 5.11. The summed E-state index contributed by atoms with van der Waals surface area (Å²) in [5, 5.41) is 2.68. The Balaban J connectivity index is 2.49. The molecule has 1 rings (SSSR count). The molecule has 3 heteroatoms. The summed E-state index contributed by atoms with van der Waals surface area (Å²) in [5.74, 6) is 0. The van der Waals surface area contributed by atoms with Crippen molar-refractivity contribution in [3.05, 3.63) is 35.9 Å². The number of carbonyl (C=O) groups is 1. The molecule has 0 spiro atoms. The molecule has 1 amide bonds. The minimum Gasteiger partial charge on any atom is -0.442 e. The van der Waals surface area contributed by atoms with E-state index in [2.05, 4.69) is 5.32 Å². The lowest BCUT2D eigenvalue weighted by atomic mass is 10.1. The first-order valence-corrected chi connectivity index (χ1v) is 5.11. The second kappa shape index (κ2) is 5.39. The molecule has 0 aliphatic rings. The first-order chi connectivity index (χ1) is 7.09. The van der Waals surface area contributed by atoms with Gasteiger partial charge in [0.1, 0.15) is 6.10 Å². The average molecular weight is 207 g/mol. The normalized spacial score (nSPS) is 12.3. The standard InChI is InChI=1S/C12H17NO2/c1-9(2)13-12(14)15-10(3)11-7-5-4-6-8-11/h4-10H,1-3H3,(H,13,14)/t10-/m0/s1. The van der Waals surface area contributed by atoms with Gasteiger partial charge in [-0.2, -0.15) is 0 Å². The molecular weight excluding hydrogens is 190 g/mol. The van der Waals surface area contributed by atoms with E-state index < -0.39 is 0 Å². The quantitative estimate of drug-likeness (QED) is 0.827. The molecule has 0 radical (unpaired) electrons. The third-order valence-electron chi connectivity index (χ3n) is 1.96. The maximum Gasteiger partial charge on any atom is 0.407 e. The maximum absolute atomic E-state index is 11.3. The average Bonchev–Trinajstić information content (AvgIpc) is 2.17. The number of benzene rings is 1. The van der Waals surface area contributed by atoms with Crippen LogP contribution in [0, 0.1) is 0 Å². The van der Waals surface area contributed by atoms with Crippen LogP contribution in [0.5, 0.6) is 0 Å². The summed E-state index contributed by atoms with van der Waals surface area (Å²) in [5.41, 5.74) is 0.997. The molecule has 0 aliphatic carbocycles. The number of rotatable bonds is 3. The highest BCUT2D eigenvalue weighted by atomic mass is 16.6. The number of hydrogen-bond acceptors (Lipinski definition) is 2. The predicted molar refractivity (Wildman–Crippen MR) is 59.6 cm³/mol. The number of ether oxygens (including phenoxy) is 1. The van der Waals surface area contributed by atoms with Crippen molar-refractivity contribution < 1.29 is 9.53 Å². The second-order valence-corrected chi connectivity index (χ2v) is 3.76. The highest BCUT2D eigenvalue weighted by molar-refractivity contribution is 5.67. The van der Waals surface area contributed by atoms with E-state index in [1.165, 1.54) is 0 Å². The van der Waals surface area contributed by atoms with Gasteiger partial charge in [0.25, 0.3) is 0 Å². The molecule has 0 unspecified atom stereocenters. The Morgan fingerprint density at radius 2 is 1.80 bits per heavy atom. The van der Waals surface area contributed by atoms with Crippen LogP contribution >= 0.6 is 0 Å². The lowest BCUT2D eigenvalue weighted by molar-refractivity contribution is 0.105. The van der Waals surface area contributed by atoms with Crippen molar-refractivity contribution >= 4 is 6.09 Å². The van der Waals surface area contributed by atoms with E-state index >= 15 is 0 Å². The minimum atomic E-state index is -0.374. The Hall–Kier alpha value is -1.51. The van der Waals surface area contributed by atoms with Gasteiger partial charge in [-0.15, -0.1) is 0 Å². The van der Waals surface area contributed by atoms with Crippen LogP contribution in [0.15, 0.2) is 30.3 Å². The fourth-order valence-electron chi connectivity index (χ4n) is 1.22. The van der Waals surface area contributed by atoms with Crippen molar-refractivity contribution in [1.29, 1.82) is 0 Å². The number of nitrogens with one attached hydrogen (secondary N) is 1. The van der Waals surface area contributed by atoms with E-state index in [9.17, 15) is 4.79 Å².